The molecule has 0 saturated heterocycles. The van der Waals surface area contributed by atoms with Crippen LogP contribution in [0.1, 0.15) is 0 Å². The lowest BCUT2D eigenvalue weighted by molar-refractivity contribution is 0.260. The van der Waals surface area contributed by atoms with Crippen LogP contribution in [0.2, 0.25) is 0 Å². The number of amides is 2. The number of imidazole rings is 1. The molecule has 2 aromatic carbocycles. The first-order valence-electron chi connectivity index (χ1n) is 6.41. The van der Waals surface area contributed by atoms with Gasteiger partial charge in [-0.25, -0.2) is 19.9 Å². The predicted octanol–water partition coefficient (Wildman–Crippen LogP) is 2.82. The number of benzene rings is 2. The first-order valence-corrected chi connectivity index (χ1v) is 6.41. The smallest absolute Gasteiger partial charge is 0.338 e. The highest BCUT2D eigenvalue weighted by atomic mass is 16.5. The van der Waals surface area contributed by atoms with Crippen LogP contribution in [0.5, 0.6) is 5.75 Å². The summed E-state index contributed by atoms with van der Waals surface area (Å²) < 4.78 is 6.76. The number of methoxy groups -OCH3 is 1. The van der Waals surface area contributed by atoms with Gasteiger partial charge in [-0.3, -0.25) is 0 Å². The number of nitrogens with zero attached hydrogens (tertiary/aromatic N) is 2. The van der Waals surface area contributed by atoms with Gasteiger partial charge in [0.2, 0.25) is 0 Å². The molecule has 0 aliphatic rings. The molecule has 106 valence electrons. The quantitative estimate of drug-likeness (QED) is 0.776. The molecule has 6 heteroatoms. The minimum absolute atomic E-state index is 0.373. The summed E-state index contributed by atoms with van der Waals surface area (Å²) in [6, 6.07) is 14.4. The van der Waals surface area contributed by atoms with Crippen LogP contribution in [-0.4, -0.2) is 22.8 Å². The van der Waals surface area contributed by atoms with E-state index in [1.165, 1.54) is 0 Å². The van der Waals surface area contributed by atoms with Crippen LogP contribution in [0, 0.1) is 0 Å². The predicted molar refractivity (Wildman–Crippen MR) is 81.1 cm³/mol. The van der Waals surface area contributed by atoms with Gasteiger partial charge in [0.05, 0.1) is 23.8 Å². The van der Waals surface area contributed by atoms with Crippen molar-refractivity contribution in [1.82, 2.24) is 9.66 Å². The van der Waals surface area contributed by atoms with E-state index in [-0.39, 0.29) is 6.03 Å². The molecule has 2 N–H and O–H groups in total. The van der Waals surface area contributed by atoms with Crippen molar-refractivity contribution in [3.63, 3.8) is 0 Å². The number of para-hydroxylation sites is 4. The Hall–Kier alpha value is -3.02. The van der Waals surface area contributed by atoms with Crippen LogP contribution in [0.15, 0.2) is 54.9 Å². The summed E-state index contributed by atoms with van der Waals surface area (Å²) in [4.78, 5) is 16.3. The number of urea groups is 1. The Kier molecular flexibility index (Phi) is 3.42. The van der Waals surface area contributed by atoms with Crippen molar-refractivity contribution in [2.75, 3.05) is 17.9 Å². The molecule has 2 amide bonds. The molecule has 3 rings (SSSR count). The molecule has 0 bridgehead atoms. The van der Waals surface area contributed by atoms with Crippen LogP contribution >= 0.6 is 0 Å². The van der Waals surface area contributed by atoms with E-state index < -0.39 is 0 Å². The normalized spacial score (nSPS) is 10.3. The number of nitrogens with one attached hydrogen (secondary N) is 2. The summed E-state index contributed by atoms with van der Waals surface area (Å²) >= 11 is 0. The average molecular weight is 282 g/mol. The van der Waals surface area contributed by atoms with Crippen molar-refractivity contribution < 1.29 is 9.53 Å². The van der Waals surface area contributed by atoms with E-state index in [9.17, 15) is 4.79 Å². The van der Waals surface area contributed by atoms with Gasteiger partial charge in [-0.05, 0) is 24.3 Å². The maximum atomic E-state index is 12.1. The van der Waals surface area contributed by atoms with Gasteiger partial charge < -0.3 is 10.1 Å². The fourth-order valence-electron chi connectivity index (χ4n) is 2.06. The lowest BCUT2D eigenvalue weighted by Crippen LogP contribution is -2.27. The SMILES string of the molecule is COc1ccccc1NC(=O)Nn1cnc2ccccc21. The van der Waals surface area contributed by atoms with Crippen molar-refractivity contribution in [2.45, 2.75) is 0 Å². The molecule has 6 nitrogen and oxygen atoms in total. The number of hydrogen-bond acceptors (Lipinski definition) is 3. The van der Waals surface area contributed by atoms with E-state index in [4.69, 9.17) is 4.74 Å². The molecule has 1 aromatic heterocycles. The molecule has 0 aliphatic heterocycles. The Morgan fingerprint density at radius 3 is 2.76 bits per heavy atom. The summed E-state index contributed by atoms with van der Waals surface area (Å²) in [5, 5.41) is 2.74. The Balaban J connectivity index is 1.77. The zero-order valence-corrected chi connectivity index (χ0v) is 11.4. The summed E-state index contributed by atoms with van der Waals surface area (Å²) in [5.41, 5.74) is 4.95. The minimum atomic E-state index is -0.373. The third-order valence-electron chi connectivity index (χ3n) is 3.03. The molecule has 21 heavy (non-hydrogen) atoms. The van der Waals surface area contributed by atoms with Crippen molar-refractivity contribution >= 4 is 22.8 Å². The molecule has 0 atom stereocenters. The van der Waals surface area contributed by atoms with Gasteiger partial charge in [-0.15, -0.1) is 0 Å². The highest BCUT2D eigenvalue weighted by Gasteiger charge is 2.08. The van der Waals surface area contributed by atoms with Crippen LogP contribution in [-0.2, 0) is 0 Å². The van der Waals surface area contributed by atoms with E-state index in [1.807, 2.05) is 36.4 Å². The first kappa shape index (κ1) is 13.0. The Bertz CT molecular complexity index is 782. The molecule has 0 aliphatic carbocycles. The highest BCUT2D eigenvalue weighted by molar-refractivity contribution is 5.97. The Morgan fingerprint density at radius 2 is 1.90 bits per heavy atom. The highest BCUT2D eigenvalue weighted by Crippen LogP contribution is 2.22. The summed E-state index contributed by atoms with van der Waals surface area (Å²) in [6.07, 6.45) is 1.56. The van der Waals surface area contributed by atoms with Crippen molar-refractivity contribution in [1.29, 1.82) is 0 Å². The number of aromatic nitrogens is 2. The van der Waals surface area contributed by atoms with E-state index in [0.29, 0.717) is 11.4 Å². The zero-order valence-electron chi connectivity index (χ0n) is 11.4. The van der Waals surface area contributed by atoms with E-state index in [0.717, 1.165) is 11.0 Å². The first-order chi connectivity index (χ1) is 10.3. The second-order valence-corrected chi connectivity index (χ2v) is 4.37. The maximum absolute atomic E-state index is 12.1. The number of anilines is 1. The summed E-state index contributed by atoms with van der Waals surface area (Å²) in [5.74, 6) is 0.600. The lowest BCUT2D eigenvalue weighted by atomic mass is 10.3. The molecule has 0 fully saturated rings. The monoisotopic (exact) mass is 282 g/mol. The standard InChI is InChI=1S/C15H14N4O2/c1-21-14-9-5-3-7-12(14)17-15(20)18-19-10-16-11-6-2-4-8-13(11)19/h2-10H,1H3,(H2,17,18,20). The largest absolute Gasteiger partial charge is 0.495 e. The van der Waals surface area contributed by atoms with Crippen LogP contribution < -0.4 is 15.5 Å². The zero-order chi connectivity index (χ0) is 14.7. The van der Waals surface area contributed by atoms with E-state index in [2.05, 4.69) is 15.7 Å². The molecule has 0 saturated carbocycles. The maximum Gasteiger partial charge on any atom is 0.338 e. The number of fused-ring (bicyclic) bond motifs is 1. The van der Waals surface area contributed by atoms with Gasteiger partial charge in [-0.1, -0.05) is 24.3 Å². The van der Waals surface area contributed by atoms with Gasteiger partial charge in [0, 0.05) is 0 Å². The Morgan fingerprint density at radius 1 is 1.14 bits per heavy atom. The van der Waals surface area contributed by atoms with Crippen molar-refractivity contribution in [2.24, 2.45) is 0 Å². The fraction of sp³-hybridized carbons (Fsp3) is 0.0667. The summed E-state index contributed by atoms with van der Waals surface area (Å²) in [6.45, 7) is 0. The Labute approximate surface area is 121 Å². The van der Waals surface area contributed by atoms with Gasteiger partial charge in [0.15, 0.2) is 0 Å². The van der Waals surface area contributed by atoms with Crippen molar-refractivity contribution in [3.8, 4) is 5.75 Å². The number of carbonyl (C=O) groups is 1. The topological polar surface area (TPSA) is 68.2 Å². The second-order valence-electron chi connectivity index (χ2n) is 4.37. The molecule has 0 radical (unpaired) electrons. The second kappa shape index (κ2) is 5.54. The van der Waals surface area contributed by atoms with Gasteiger partial charge in [0.1, 0.15) is 12.1 Å². The number of carbonyl (C=O) groups excluding carboxylic acids is 1. The molecule has 0 spiro atoms. The van der Waals surface area contributed by atoms with Gasteiger partial charge >= 0.3 is 6.03 Å². The number of hydrogen-bond donors (Lipinski definition) is 2. The lowest BCUT2D eigenvalue weighted by Gasteiger charge is -2.11. The molecule has 0 unspecified atom stereocenters. The van der Waals surface area contributed by atoms with Gasteiger partial charge in [0.25, 0.3) is 0 Å². The molecular weight excluding hydrogens is 268 g/mol. The van der Waals surface area contributed by atoms with E-state index in [1.54, 1.807) is 30.2 Å². The number of rotatable bonds is 3. The molecular formula is C15H14N4O2. The third kappa shape index (κ3) is 2.64. The molecule has 1 heterocycles. The van der Waals surface area contributed by atoms with Gasteiger partial charge in [-0.2, -0.15) is 0 Å². The van der Waals surface area contributed by atoms with Crippen LogP contribution in [0.25, 0.3) is 11.0 Å². The number of ether oxygens (including phenoxy) is 1. The average Bonchev–Trinajstić information content (AvgIpc) is 2.91. The molecule has 3 aromatic rings. The van der Waals surface area contributed by atoms with Crippen LogP contribution in [0.3, 0.4) is 0 Å². The summed E-state index contributed by atoms with van der Waals surface area (Å²) in [7, 11) is 1.56. The van der Waals surface area contributed by atoms with E-state index >= 15 is 0 Å². The van der Waals surface area contributed by atoms with Crippen molar-refractivity contribution in [3.05, 3.63) is 54.9 Å². The fourth-order valence-corrected chi connectivity index (χ4v) is 2.06. The van der Waals surface area contributed by atoms with Crippen LogP contribution in [0.4, 0.5) is 10.5 Å². The minimum Gasteiger partial charge on any atom is -0.495 e. The third-order valence-corrected chi connectivity index (χ3v) is 3.03.